The maximum atomic E-state index is 13.0. The molecule has 0 atom stereocenters. The number of nitrogens with one attached hydrogen (secondary N) is 1. The topological polar surface area (TPSA) is 73.2 Å². The SMILES string of the molecule is COc1ccccc1CNC(=O)Cn1cnc2sc(-c3ccccc3)c(C)c2c1=O. The van der Waals surface area contributed by atoms with E-state index >= 15 is 0 Å². The number of para-hydroxylation sites is 1. The van der Waals surface area contributed by atoms with Gasteiger partial charge in [-0.05, 0) is 24.1 Å². The quantitative estimate of drug-likeness (QED) is 0.517. The molecule has 0 spiro atoms. The van der Waals surface area contributed by atoms with Crippen LogP contribution >= 0.6 is 11.3 Å². The molecule has 7 heteroatoms. The van der Waals surface area contributed by atoms with Crippen molar-refractivity contribution in [2.45, 2.75) is 20.0 Å². The number of fused-ring (bicyclic) bond motifs is 1. The molecule has 1 N–H and O–H groups in total. The zero-order valence-corrected chi connectivity index (χ0v) is 17.5. The highest BCUT2D eigenvalue weighted by Crippen LogP contribution is 2.35. The third-order valence-electron chi connectivity index (χ3n) is 4.94. The van der Waals surface area contributed by atoms with E-state index in [1.54, 1.807) is 7.11 Å². The molecular formula is C23H21N3O3S. The number of methoxy groups -OCH3 is 1. The van der Waals surface area contributed by atoms with Crippen molar-refractivity contribution < 1.29 is 9.53 Å². The van der Waals surface area contributed by atoms with Crippen molar-refractivity contribution >= 4 is 27.5 Å². The molecule has 2 aromatic carbocycles. The van der Waals surface area contributed by atoms with Crippen molar-refractivity contribution in [1.29, 1.82) is 0 Å². The average molecular weight is 420 g/mol. The summed E-state index contributed by atoms with van der Waals surface area (Å²) < 4.78 is 6.66. The summed E-state index contributed by atoms with van der Waals surface area (Å²) in [6, 6.07) is 17.4. The largest absolute Gasteiger partial charge is 0.496 e. The van der Waals surface area contributed by atoms with Gasteiger partial charge in [0.1, 0.15) is 17.1 Å². The Balaban J connectivity index is 1.56. The van der Waals surface area contributed by atoms with Crippen molar-refractivity contribution in [3.63, 3.8) is 0 Å². The van der Waals surface area contributed by atoms with Gasteiger partial charge in [0.15, 0.2) is 0 Å². The number of amides is 1. The summed E-state index contributed by atoms with van der Waals surface area (Å²) in [6.45, 7) is 2.16. The first-order valence-electron chi connectivity index (χ1n) is 9.51. The van der Waals surface area contributed by atoms with E-state index in [-0.39, 0.29) is 18.0 Å². The lowest BCUT2D eigenvalue weighted by atomic mass is 10.1. The van der Waals surface area contributed by atoms with E-state index in [1.165, 1.54) is 22.2 Å². The monoisotopic (exact) mass is 419 g/mol. The molecule has 2 heterocycles. The van der Waals surface area contributed by atoms with Crippen molar-refractivity contribution in [3.8, 4) is 16.2 Å². The number of carbonyl (C=O) groups is 1. The Morgan fingerprint density at radius 3 is 2.63 bits per heavy atom. The second kappa shape index (κ2) is 8.51. The van der Waals surface area contributed by atoms with Crippen LogP contribution in [0.15, 0.2) is 65.7 Å². The Hall–Kier alpha value is -3.45. The molecule has 4 rings (SSSR count). The predicted octanol–water partition coefficient (Wildman–Crippen LogP) is 3.76. The Morgan fingerprint density at radius 2 is 1.87 bits per heavy atom. The fourth-order valence-corrected chi connectivity index (χ4v) is 4.53. The van der Waals surface area contributed by atoms with E-state index in [0.29, 0.717) is 22.5 Å². The third-order valence-corrected chi connectivity index (χ3v) is 6.18. The minimum absolute atomic E-state index is 0.0904. The first-order chi connectivity index (χ1) is 14.6. The van der Waals surface area contributed by atoms with Crippen LogP contribution in [0.2, 0.25) is 0 Å². The highest BCUT2D eigenvalue weighted by atomic mass is 32.1. The predicted molar refractivity (Wildman–Crippen MR) is 119 cm³/mol. The molecule has 0 saturated heterocycles. The number of ether oxygens (including phenoxy) is 1. The van der Waals surface area contributed by atoms with Gasteiger partial charge in [-0.15, -0.1) is 11.3 Å². The summed E-state index contributed by atoms with van der Waals surface area (Å²) in [5.41, 5.74) is 2.61. The van der Waals surface area contributed by atoms with Gasteiger partial charge in [0, 0.05) is 17.0 Å². The Bertz CT molecular complexity index is 1260. The fraction of sp³-hybridized carbons (Fsp3) is 0.174. The molecule has 0 aliphatic rings. The lowest BCUT2D eigenvalue weighted by Gasteiger charge is -2.10. The molecule has 6 nitrogen and oxygen atoms in total. The van der Waals surface area contributed by atoms with Crippen LogP contribution in [0.4, 0.5) is 0 Å². The molecule has 30 heavy (non-hydrogen) atoms. The highest BCUT2D eigenvalue weighted by Gasteiger charge is 2.16. The Morgan fingerprint density at radius 1 is 1.13 bits per heavy atom. The minimum Gasteiger partial charge on any atom is -0.496 e. The van der Waals surface area contributed by atoms with Gasteiger partial charge in [-0.2, -0.15) is 0 Å². The van der Waals surface area contributed by atoms with E-state index in [2.05, 4.69) is 10.3 Å². The zero-order valence-electron chi connectivity index (χ0n) is 16.7. The number of hydrogen-bond donors (Lipinski definition) is 1. The summed E-state index contributed by atoms with van der Waals surface area (Å²) in [5.74, 6) is 0.445. The molecule has 4 aromatic rings. The smallest absolute Gasteiger partial charge is 0.262 e. The molecule has 152 valence electrons. The van der Waals surface area contributed by atoms with Crippen LogP contribution in [0, 0.1) is 6.92 Å². The van der Waals surface area contributed by atoms with Crippen molar-refractivity contribution in [1.82, 2.24) is 14.9 Å². The first-order valence-corrected chi connectivity index (χ1v) is 10.3. The van der Waals surface area contributed by atoms with Crippen molar-refractivity contribution in [3.05, 3.63) is 82.4 Å². The number of aryl methyl sites for hydroxylation is 1. The number of rotatable bonds is 6. The molecule has 0 fully saturated rings. The van der Waals surface area contributed by atoms with E-state index in [4.69, 9.17) is 4.74 Å². The maximum absolute atomic E-state index is 13.0. The summed E-state index contributed by atoms with van der Waals surface area (Å²) >= 11 is 1.49. The molecule has 0 saturated carbocycles. The van der Waals surface area contributed by atoms with Gasteiger partial charge >= 0.3 is 0 Å². The van der Waals surface area contributed by atoms with E-state index in [9.17, 15) is 9.59 Å². The van der Waals surface area contributed by atoms with Crippen molar-refractivity contribution in [2.24, 2.45) is 0 Å². The van der Waals surface area contributed by atoms with Gasteiger partial charge < -0.3 is 10.1 Å². The molecular weight excluding hydrogens is 398 g/mol. The molecule has 0 radical (unpaired) electrons. The van der Waals surface area contributed by atoms with E-state index in [1.807, 2.05) is 61.5 Å². The molecule has 0 unspecified atom stereocenters. The first kappa shape index (κ1) is 19.8. The van der Waals surface area contributed by atoms with Crippen LogP contribution < -0.4 is 15.6 Å². The van der Waals surface area contributed by atoms with Gasteiger partial charge in [0.25, 0.3) is 5.56 Å². The second-order valence-electron chi connectivity index (χ2n) is 6.87. The molecule has 2 aromatic heterocycles. The van der Waals surface area contributed by atoms with Crippen LogP contribution in [-0.4, -0.2) is 22.6 Å². The van der Waals surface area contributed by atoms with Gasteiger partial charge in [-0.3, -0.25) is 14.2 Å². The van der Waals surface area contributed by atoms with Crippen LogP contribution in [0.5, 0.6) is 5.75 Å². The fourth-order valence-electron chi connectivity index (χ4n) is 3.39. The molecule has 1 amide bonds. The maximum Gasteiger partial charge on any atom is 0.262 e. The molecule has 0 bridgehead atoms. The van der Waals surface area contributed by atoms with E-state index in [0.717, 1.165) is 21.6 Å². The molecule has 0 aliphatic carbocycles. The van der Waals surface area contributed by atoms with Crippen LogP contribution in [0.3, 0.4) is 0 Å². The number of carbonyl (C=O) groups excluding carboxylic acids is 1. The molecule has 0 aliphatic heterocycles. The number of aromatic nitrogens is 2. The second-order valence-corrected chi connectivity index (χ2v) is 7.87. The lowest BCUT2D eigenvalue weighted by Crippen LogP contribution is -2.32. The van der Waals surface area contributed by atoms with Gasteiger partial charge in [-0.1, -0.05) is 48.5 Å². The zero-order chi connectivity index (χ0) is 21.1. The average Bonchev–Trinajstić information content (AvgIpc) is 3.12. The standard InChI is InChI=1S/C23H21N3O3S/c1-15-20-22(30-21(15)16-8-4-3-5-9-16)25-14-26(23(20)28)13-19(27)24-12-17-10-6-7-11-18(17)29-2/h3-11,14H,12-13H2,1-2H3,(H,24,27). The lowest BCUT2D eigenvalue weighted by molar-refractivity contribution is -0.121. The third kappa shape index (κ3) is 3.84. The summed E-state index contributed by atoms with van der Waals surface area (Å²) in [5, 5.41) is 3.41. The van der Waals surface area contributed by atoms with Gasteiger partial charge in [0.05, 0.1) is 18.8 Å². The minimum atomic E-state index is -0.264. The van der Waals surface area contributed by atoms with Crippen LogP contribution in [0.25, 0.3) is 20.7 Å². The number of hydrogen-bond acceptors (Lipinski definition) is 5. The van der Waals surface area contributed by atoms with Gasteiger partial charge in [-0.25, -0.2) is 4.98 Å². The normalized spacial score (nSPS) is 10.9. The Labute approximate surface area is 177 Å². The summed E-state index contributed by atoms with van der Waals surface area (Å²) in [6.07, 6.45) is 1.44. The van der Waals surface area contributed by atoms with Crippen LogP contribution in [0.1, 0.15) is 11.1 Å². The van der Waals surface area contributed by atoms with E-state index < -0.39 is 0 Å². The highest BCUT2D eigenvalue weighted by molar-refractivity contribution is 7.22. The van der Waals surface area contributed by atoms with Gasteiger partial charge in [0.2, 0.25) is 5.91 Å². The summed E-state index contributed by atoms with van der Waals surface area (Å²) in [7, 11) is 1.59. The number of thiophene rings is 1. The Kier molecular flexibility index (Phi) is 5.63. The number of benzene rings is 2. The van der Waals surface area contributed by atoms with Crippen molar-refractivity contribution in [2.75, 3.05) is 7.11 Å². The number of nitrogens with zero attached hydrogens (tertiary/aromatic N) is 2. The summed E-state index contributed by atoms with van der Waals surface area (Å²) in [4.78, 5) is 31.6. The van der Waals surface area contributed by atoms with Crippen LogP contribution in [-0.2, 0) is 17.9 Å².